The number of rotatable bonds is 4. The van der Waals surface area contributed by atoms with Crippen LogP contribution in [0.3, 0.4) is 0 Å². The second kappa shape index (κ2) is 7.44. The van der Waals surface area contributed by atoms with Crippen molar-refractivity contribution >= 4 is 39.7 Å². The number of aromatic nitrogens is 3. The molecule has 0 spiro atoms. The summed E-state index contributed by atoms with van der Waals surface area (Å²) in [5.74, 6) is 1.18. The number of hydrogen-bond acceptors (Lipinski definition) is 3. The summed E-state index contributed by atoms with van der Waals surface area (Å²) < 4.78 is 0. The predicted octanol–water partition coefficient (Wildman–Crippen LogP) is 4.75. The van der Waals surface area contributed by atoms with Gasteiger partial charge in [-0.05, 0) is 30.3 Å². The molecule has 2 heterocycles. The normalized spacial score (nSPS) is 12.2. The van der Waals surface area contributed by atoms with E-state index in [0.717, 1.165) is 33.2 Å². The maximum Gasteiger partial charge on any atom is 0.190 e. The number of amidine groups is 1. The third-order valence-electron chi connectivity index (χ3n) is 4.61. The van der Waals surface area contributed by atoms with E-state index in [4.69, 9.17) is 4.99 Å². The molecule has 6 heteroatoms. The van der Waals surface area contributed by atoms with E-state index in [-0.39, 0.29) is 0 Å². The Morgan fingerprint density at radius 3 is 2.48 bits per heavy atom. The molecule has 29 heavy (non-hydrogen) atoms. The van der Waals surface area contributed by atoms with Crippen molar-refractivity contribution < 1.29 is 0 Å². The monoisotopic (exact) mass is 378 g/mol. The van der Waals surface area contributed by atoms with E-state index in [1.54, 1.807) is 6.21 Å². The summed E-state index contributed by atoms with van der Waals surface area (Å²) in [5.41, 5.74) is 7.78. The minimum Gasteiger partial charge on any atom is -0.361 e. The van der Waals surface area contributed by atoms with Crippen LogP contribution >= 0.6 is 0 Å². The third-order valence-corrected chi connectivity index (χ3v) is 4.61. The van der Waals surface area contributed by atoms with Gasteiger partial charge in [-0.25, -0.2) is 9.98 Å². The highest BCUT2D eigenvalue weighted by Gasteiger charge is 2.09. The molecule has 140 valence electrons. The van der Waals surface area contributed by atoms with Crippen molar-refractivity contribution in [3.63, 3.8) is 0 Å². The van der Waals surface area contributed by atoms with E-state index in [9.17, 15) is 0 Å². The molecule has 0 fully saturated rings. The third kappa shape index (κ3) is 3.51. The Hall–Kier alpha value is -4.19. The van der Waals surface area contributed by atoms with Gasteiger partial charge in [0.15, 0.2) is 11.7 Å². The number of hydrogen-bond donors (Lipinski definition) is 3. The van der Waals surface area contributed by atoms with Gasteiger partial charge in [-0.2, -0.15) is 5.10 Å². The van der Waals surface area contributed by atoms with Gasteiger partial charge < -0.3 is 9.97 Å². The second-order valence-corrected chi connectivity index (χ2v) is 6.56. The van der Waals surface area contributed by atoms with Crippen molar-refractivity contribution in [3.8, 4) is 0 Å². The molecule has 2 aromatic heterocycles. The van der Waals surface area contributed by atoms with Gasteiger partial charge in [0.25, 0.3) is 0 Å². The molecule has 0 saturated heterocycles. The summed E-state index contributed by atoms with van der Waals surface area (Å²) in [6.07, 6.45) is 3.72. The van der Waals surface area contributed by atoms with E-state index in [2.05, 4.69) is 31.5 Å². The molecule has 0 aliphatic rings. The van der Waals surface area contributed by atoms with Crippen LogP contribution in [0.5, 0.6) is 0 Å². The number of nitrogens with one attached hydrogen (secondary N) is 3. The Kier molecular flexibility index (Phi) is 4.35. The predicted molar refractivity (Wildman–Crippen MR) is 118 cm³/mol. The smallest absolute Gasteiger partial charge is 0.190 e. The fourth-order valence-electron chi connectivity index (χ4n) is 3.19. The molecule has 0 radical (unpaired) electrons. The lowest BCUT2D eigenvalue weighted by atomic mass is 10.2. The average Bonchev–Trinajstić information content (AvgIpc) is 3.38. The van der Waals surface area contributed by atoms with Gasteiger partial charge in [0.2, 0.25) is 0 Å². The van der Waals surface area contributed by atoms with Crippen LogP contribution in [0.2, 0.25) is 0 Å². The number of fused-ring (bicyclic) bond motifs is 2. The first-order valence-electron chi connectivity index (χ1n) is 9.31. The lowest BCUT2D eigenvalue weighted by molar-refractivity contribution is 1.01. The average molecular weight is 378 g/mol. The van der Waals surface area contributed by atoms with Gasteiger partial charge in [0.1, 0.15) is 0 Å². The van der Waals surface area contributed by atoms with Crippen LogP contribution in [0.1, 0.15) is 11.4 Å². The Morgan fingerprint density at radius 2 is 1.62 bits per heavy atom. The van der Waals surface area contributed by atoms with E-state index in [0.29, 0.717) is 11.7 Å². The minimum absolute atomic E-state index is 0.545. The molecular weight excluding hydrogens is 360 g/mol. The SMILES string of the molecule is C(=N\NC(=Nc1ccccc1)c1nc2ccccc2[nH]1)/c1c[nH]c2ccccc12. The lowest BCUT2D eigenvalue weighted by Gasteiger charge is -2.03. The summed E-state index contributed by atoms with van der Waals surface area (Å²) >= 11 is 0. The Morgan fingerprint density at radius 1 is 0.862 bits per heavy atom. The molecule has 0 atom stereocenters. The molecule has 0 bridgehead atoms. The number of nitrogens with zero attached hydrogens (tertiary/aromatic N) is 3. The molecule has 5 aromatic rings. The zero-order valence-corrected chi connectivity index (χ0v) is 15.5. The van der Waals surface area contributed by atoms with E-state index in [1.807, 2.05) is 79.0 Å². The van der Waals surface area contributed by atoms with Crippen LogP contribution in [0, 0.1) is 0 Å². The summed E-state index contributed by atoms with van der Waals surface area (Å²) in [6, 6.07) is 25.7. The highest BCUT2D eigenvalue weighted by atomic mass is 15.3. The summed E-state index contributed by atoms with van der Waals surface area (Å²) in [5, 5.41) is 5.54. The van der Waals surface area contributed by atoms with Crippen molar-refractivity contribution in [2.75, 3.05) is 0 Å². The van der Waals surface area contributed by atoms with Crippen LogP contribution in [-0.2, 0) is 0 Å². The summed E-state index contributed by atoms with van der Waals surface area (Å²) in [6.45, 7) is 0. The van der Waals surface area contributed by atoms with Crippen LogP contribution < -0.4 is 5.43 Å². The van der Waals surface area contributed by atoms with Crippen molar-refractivity contribution in [2.45, 2.75) is 0 Å². The molecule has 3 aromatic carbocycles. The number of benzene rings is 3. The molecule has 5 rings (SSSR count). The molecular formula is C23H18N6. The number of aromatic amines is 2. The molecule has 0 aliphatic carbocycles. The zero-order valence-electron chi connectivity index (χ0n) is 15.5. The fourth-order valence-corrected chi connectivity index (χ4v) is 3.19. The standard InChI is InChI=1S/C23H18N6/c1-2-8-17(9-3-1)26-23(22-27-20-12-6-7-13-21(20)28-22)29-25-15-16-14-24-19-11-5-4-10-18(16)19/h1-15,24H,(H,26,29)(H,27,28)/b25-15+. The Balaban J connectivity index is 1.49. The largest absolute Gasteiger partial charge is 0.361 e. The number of hydrazone groups is 1. The molecule has 0 saturated carbocycles. The van der Waals surface area contributed by atoms with Gasteiger partial charge in [0.05, 0.1) is 22.9 Å². The fraction of sp³-hybridized carbons (Fsp3) is 0. The highest BCUT2D eigenvalue weighted by molar-refractivity contribution is 6.02. The number of H-pyrrole nitrogens is 2. The highest BCUT2D eigenvalue weighted by Crippen LogP contribution is 2.16. The minimum atomic E-state index is 0.545. The van der Waals surface area contributed by atoms with Gasteiger partial charge in [-0.15, -0.1) is 0 Å². The van der Waals surface area contributed by atoms with Crippen LogP contribution in [0.4, 0.5) is 5.69 Å². The van der Waals surface area contributed by atoms with Crippen LogP contribution in [-0.4, -0.2) is 27.0 Å². The molecule has 0 aliphatic heterocycles. The van der Waals surface area contributed by atoms with Gasteiger partial charge in [0, 0.05) is 22.7 Å². The number of imidazole rings is 1. The zero-order chi connectivity index (χ0) is 19.5. The first kappa shape index (κ1) is 16.9. The van der Waals surface area contributed by atoms with Crippen LogP contribution in [0.25, 0.3) is 21.9 Å². The second-order valence-electron chi connectivity index (χ2n) is 6.56. The van der Waals surface area contributed by atoms with Gasteiger partial charge >= 0.3 is 0 Å². The number of para-hydroxylation sites is 4. The topological polar surface area (TPSA) is 81.2 Å². The quantitative estimate of drug-likeness (QED) is 0.240. The molecule has 6 nitrogen and oxygen atoms in total. The molecule has 0 unspecified atom stereocenters. The maximum atomic E-state index is 4.70. The van der Waals surface area contributed by atoms with E-state index < -0.39 is 0 Å². The molecule has 3 N–H and O–H groups in total. The Bertz CT molecular complexity index is 1290. The lowest BCUT2D eigenvalue weighted by Crippen LogP contribution is -2.20. The van der Waals surface area contributed by atoms with Gasteiger partial charge in [-0.1, -0.05) is 48.5 Å². The number of aliphatic imine (C=N–C) groups is 1. The van der Waals surface area contributed by atoms with Crippen LogP contribution in [0.15, 0.2) is 95.2 Å². The van der Waals surface area contributed by atoms with E-state index in [1.165, 1.54) is 0 Å². The van der Waals surface area contributed by atoms with Crippen molar-refractivity contribution in [2.24, 2.45) is 10.1 Å². The maximum absolute atomic E-state index is 4.70. The van der Waals surface area contributed by atoms with Crippen molar-refractivity contribution in [3.05, 3.63) is 96.4 Å². The van der Waals surface area contributed by atoms with Crippen molar-refractivity contribution in [1.29, 1.82) is 0 Å². The first-order chi connectivity index (χ1) is 14.4. The first-order valence-corrected chi connectivity index (χ1v) is 9.31. The van der Waals surface area contributed by atoms with Crippen molar-refractivity contribution in [1.82, 2.24) is 20.4 Å². The van der Waals surface area contributed by atoms with Gasteiger partial charge in [-0.3, -0.25) is 5.43 Å². The summed E-state index contributed by atoms with van der Waals surface area (Å²) in [7, 11) is 0. The van der Waals surface area contributed by atoms with E-state index >= 15 is 0 Å². The summed E-state index contributed by atoms with van der Waals surface area (Å²) in [4.78, 5) is 15.9. The molecule has 0 amide bonds. The Labute approximate surface area is 167 Å².